The van der Waals surface area contributed by atoms with Gasteiger partial charge in [0, 0.05) is 26.8 Å². The Bertz CT molecular complexity index is 776. The topological polar surface area (TPSA) is 49.3 Å². The van der Waals surface area contributed by atoms with Crippen LogP contribution < -0.4 is 0 Å². The normalized spacial score (nSPS) is 17.9. The Labute approximate surface area is 153 Å². The zero-order chi connectivity index (χ0) is 18.7. The SMILES string of the molecule is Cc1nc(C2CCCCN2Cc2ccc(F)cc2)ncc1C(=O)N(C)C. The molecule has 2 heterocycles. The smallest absolute Gasteiger partial charge is 0.256 e. The zero-order valence-corrected chi connectivity index (χ0v) is 15.6. The van der Waals surface area contributed by atoms with Gasteiger partial charge < -0.3 is 4.90 Å². The summed E-state index contributed by atoms with van der Waals surface area (Å²) < 4.78 is 13.1. The van der Waals surface area contributed by atoms with E-state index in [9.17, 15) is 9.18 Å². The predicted octanol–water partition coefficient (Wildman–Crippen LogP) is 3.35. The van der Waals surface area contributed by atoms with Crippen molar-refractivity contribution >= 4 is 5.91 Å². The summed E-state index contributed by atoms with van der Waals surface area (Å²) in [6.07, 6.45) is 4.89. The van der Waals surface area contributed by atoms with Crippen molar-refractivity contribution < 1.29 is 9.18 Å². The van der Waals surface area contributed by atoms with Crippen LogP contribution in [0.1, 0.15) is 52.7 Å². The van der Waals surface area contributed by atoms with Gasteiger partial charge in [-0.1, -0.05) is 18.6 Å². The summed E-state index contributed by atoms with van der Waals surface area (Å²) >= 11 is 0. The van der Waals surface area contributed by atoms with Crippen molar-refractivity contribution in [3.63, 3.8) is 0 Å². The lowest BCUT2D eigenvalue weighted by Gasteiger charge is -2.35. The van der Waals surface area contributed by atoms with Gasteiger partial charge in [0.2, 0.25) is 0 Å². The first-order valence-electron chi connectivity index (χ1n) is 8.99. The second-order valence-corrected chi connectivity index (χ2v) is 7.04. The molecule has 3 rings (SSSR count). The van der Waals surface area contributed by atoms with E-state index in [2.05, 4.69) is 14.9 Å². The Kier molecular flexibility index (Phi) is 5.61. The second kappa shape index (κ2) is 7.91. The van der Waals surface area contributed by atoms with Gasteiger partial charge in [0.25, 0.3) is 5.91 Å². The molecule has 0 N–H and O–H groups in total. The number of piperidine rings is 1. The Morgan fingerprint density at radius 2 is 2.00 bits per heavy atom. The van der Waals surface area contributed by atoms with Crippen molar-refractivity contribution in [3.05, 3.63) is 58.9 Å². The van der Waals surface area contributed by atoms with E-state index >= 15 is 0 Å². The zero-order valence-electron chi connectivity index (χ0n) is 15.6. The number of likely N-dealkylation sites (tertiary alicyclic amines) is 1. The third kappa shape index (κ3) is 4.07. The molecule has 0 aliphatic carbocycles. The number of carbonyl (C=O) groups excluding carboxylic acids is 1. The number of amides is 1. The molecule has 26 heavy (non-hydrogen) atoms. The summed E-state index contributed by atoms with van der Waals surface area (Å²) in [4.78, 5) is 25.2. The van der Waals surface area contributed by atoms with E-state index in [0.717, 1.165) is 43.7 Å². The summed E-state index contributed by atoms with van der Waals surface area (Å²) in [5.41, 5.74) is 2.33. The maximum atomic E-state index is 13.1. The molecule has 1 aromatic carbocycles. The second-order valence-electron chi connectivity index (χ2n) is 7.04. The molecule has 1 amide bonds. The Balaban J connectivity index is 1.82. The number of hydrogen-bond donors (Lipinski definition) is 0. The number of benzene rings is 1. The number of carbonyl (C=O) groups is 1. The number of aryl methyl sites for hydroxylation is 1. The molecule has 6 heteroatoms. The monoisotopic (exact) mass is 356 g/mol. The van der Waals surface area contributed by atoms with E-state index in [0.29, 0.717) is 11.3 Å². The minimum Gasteiger partial charge on any atom is -0.345 e. The van der Waals surface area contributed by atoms with E-state index < -0.39 is 0 Å². The molecule has 0 spiro atoms. The van der Waals surface area contributed by atoms with Gasteiger partial charge in [0.1, 0.15) is 11.6 Å². The molecule has 1 aromatic heterocycles. The van der Waals surface area contributed by atoms with Crippen LogP contribution >= 0.6 is 0 Å². The van der Waals surface area contributed by atoms with Gasteiger partial charge in [0.05, 0.1) is 17.3 Å². The average Bonchev–Trinajstić information content (AvgIpc) is 2.63. The van der Waals surface area contributed by atoms with Gasteiger partial charge in [-0.2, -0.15) is 0 Å². The Morgan fingerprint density at radius 1 is 1.27 bits per heavy atom. The minimum absolute atomic E-state index is 0.0825. The lowest BCUT2D eigenvalue weighted by molar-refractivity contribution is 0.0825. The molecule has 2 aromatic rings. The molecule has 5 nitrogen and oxygen atoms in total. The van der Waals surface area contributed by atoms with E-state index in [1.165, 1.54) is 17.0 Å². The van der Waals surface area contributed by atoms with Crippen molar-refractivity contribution in [1.82, 2.24) is 19.8 Å². The standard InChI is InChI=1S/C20H25FN4O/c1-14-17(20(26)24(2)3)12-22-19(23-14)18-6-4-5-11-25(18)13-15-7-9-16(21)10-8-15/h7-10,12,18H,4-6,11,13H2,1-3H3. The quantitative estimate of drug-likeness (QED) is 0.843. The molecular formula is C20H25FN4O. The molecule has 1 saturated heterocycles. The third-order valence-electron chi connectivity index (χ3n) is 4.85. The highest BCUT2D eigenvalue weighted by Gasteiger charge is 2.27. The molecule has 1 aliphatic heterocycles. The van der Waals surface area contributed by atoms with E-state index in [4.69, 9.17) is 0 Å². The van der Waals surface area contributed by atoms with Gasteiger partial charge in [-0.25, -0.2) is 14.4 Å². The highest BCUT2D eigenvalue weighted by Crippen LogP contribution is 2.30. The van der Waals surface area contributed by atoms with Crippen LogP contribution in [0.4, 0.5) is 4.39 Å². The first-order chi connectivity index (χ1) is 12.5. The first-order valence-corrected chi connectivity index (χ1v) is 8.99. The maximum Gasteiger partial charge on any atom is 0.256 e. The number of halogens is 1. The van der Waals surface area contributed by atoms with E-state index in [1.54, 1.807) is 20.3 Å². The predicted molar refractivity (Wildman–Crippen MR) is 98.2 cm³/mol. The Hall–Kier alpha value is -2.34. The van der Waals surface area contributed by atoms with Crippen molar-refractivity contribution in [2.24, 2.45) is 0 Å². The fourth-order valence-electron chi connectivity index (χ4n) is 3.39. The average molecular weight is 356 g/mol. The van der Waals surface area contributed by atoms with Gasteiger partial charge in [0.15, 0.2) is 0 Å². The van der Waals surface area contributed by atoms with Crippen LogP contribution in [0.15, 0.2) is 30.5 Å². The van der Waals surface area contributed by atoms with Gasteiger partial charge in [-0.15, -0.1) is 0 Å². The van der Waals surface area contributed by atoms with Crippen LogP contribution in [-0.4, -0.2) is 46.3 Å². The van der Waals surface area contributed by atoms with E-state index in [-0.39, 0.29) is 17.8 Å². The van der Waals surface area contributed by atoms with Crippen LogP contribution in [0.2, 0.25) is 0 Å². The van der Waals surface area contributed by atoms with Crippen molar-refractivity contribution in [2.45, 2.75) is 38.8 Å². The first kappa shape index (κ1) is 18.5. The molecule has 1 unspecified atom stereocenters. The van der Waals surface area contributed by atoms with Crippen LogP contribution in [0.25, 0.3) is 0 Å². The Morgan fingerprint density at radius 3 is 2.65 bits per heavy atom. The molecule has 138 valence electrons. The van der Waals surface area contributed by atoms with Gasteiger partial charge in [-0.05, 0) is 44.0 Å². The summed E-state index contributed by atoms with van der Waals surface area (Å²) in [7, 11) is 3.45. The lowest BCUT2D eigenvalue weighted by atomic mass is 10.00. The maximum absolute atomic E-state index is 13.1. The van der Waals surface area contributed by atoms with Gasteiger partial charge >= 0.3 is 0 Å². The van der Waals surface area contributed by atoms with Crippen molar-refractivity contribution in [2.75, 3.05) is 20.6 Å². The van der Waals surface area contributed by atoms with Gasteiger partial charge in [-0.3, -0.25) is 9.69 Å². The summed E-state index contributed by atoms with van der Waals surface area (Å²) in [5, 5.41) is 0. The number of aromatic nitrogens is 2. The lowest BCUT2D eigenvalue weighted by Crippen LogP contribution is -2.34. The molecule has 0 saturated carbocycles. The molecule has 0 bridgehead atoms. The third-order valence-corrected chi connectivity index (χ3v) is 4.85. The highest BCUT2D eigenvalue weighted by molar-refractivity contribution is 5.94. The minimum atomic E-state index is -0.218. The highest BCUT2D eigenvalue weighted by atomic mass is 19.1. The molecule has 1 fully saturated rings. The van der Waals surface area contributed by atoms with Crippen LogP contribution in [-0.2, 0) is 6.54 Å². The number of rotatable bonds is 4. The van der Waals surface area contributed by atoms with Crippen molar-refractivity contribution in [3.8, 4) is 0 Å². The summed E-state index contributed by atoms with van der Waals surface area (Å²) in [6, 6.07) is 6.77. The molecule has 1 aliphatic rings. The molecule has 0 radical (unpaired) electrons. The fourth-order valence-corrected chi connectivity index (χ4v) is 3.39. The van der Waals surface area contributed by atoms with Crippen LogP contribution in [0, 0.1) is 12.7 Å². The van der Waals surface area contributed by atoms with E-state index in [1.807, 2.05) is 19.1 Å². The number of nitrogens with zero attached hydrogens (tertiary/aromatic N) is 4. The number of hydrogen-bond acceptors (Lipinski definition) is 4. The summed E-state index contributed by atoms with van der Waals surface area (Å²) in [5.74, 6) is 0.463. The van der Waals surface area contributed by atoms with Crippen LogP contribution in [0.3, 0.4) is 0 Å². The van der Waals surface area contributed by atoms with Crippen LogP contribution in [0.5, 0.6) is 0 Å². The fraction of sp³-hybridized carbons (Fsp3) is 0.450. The van der Waals surface area contributed by atoms with Crippen molar-refractivity contribution in [1.29, 1.82) is 0 Å². The largest absolute Gasteiger partial charge is 0.345 e. The molecular weight excluding hydrogens is 331 g/mol. The molecule has 1 atom stereocenters. The summed E-state index contributed by atoms with van der Waals surface area (Å²) in [6.45, 7) is 3.56.